The van der Waals surface area contributed by atoms with Crippen molar-refractivity contribution in [1.82, 2.24) is 14.9 Å². The number of carbonyl (C=O) groups is 2. The summed E-state index contributed by atoms with van der Waals surface area (Å²) in [7, 11) is 0. The van der Waals surface area contributed by atoms with Crippen LogP contribution in [0.25, 0.3) is 0 Å². The number of hydrogen-bond acceptors (Lipinski definition) is 6. The zero-order valence-corrected chi connectivity index (χ0v) is 14.1. The van der Waals surface area contributed by atoms with E-state index in [1.54, 1.807) is 6.92 Å². The van der Waals surface area contributed by atoms with Crippen LogP contribution in [0.4, 0.5) is 16.4 Å². The standard InChI is InChI=1S/C16H23N5O3/c1-3-24-16(23)21-10(2)8-11-14(17)18-12(19-15(11)21)9-13(22)20-6-4-5-7-20/h10H,3-9H2,1-2H3,(H2,17,18,19)/t10-/m0/s1. The van der Waals surface area contributed by atoms with E-state index in [1.807, 2.05) is 11.8 Å². The molecule has 0 aromatic carbocycles. The van der Waals surface area contributed by atoms with Crippen LogP contribution in [0.15, 0.2) is 0 Å². The summed E-state index contributed by atoms with van der Waals surface area (Å²) in [5, 5.41) is 0. The molecule has 24 heavy (non-hydrogen) atoms. The van der Waals surface area contributed by atoms with Gasteiger partial charge in [0.2, 0.25) is 5.91 Å². The van der Waals surface area contributed by atoms with Gasteiger partial charge in [-0.3, -0.25) is 9.69 Å². The predicted octanol–water partition coefficient (Wildman–Crippen LogP) is 1.13. The lowest BCUT2D eigenvalue weighted by atomic mass is 10.2. The van der Waals surface area contributed by atoms with Crippen LogP contribution in [0.1, 0.15) is 38.1 Å². The maximum Gasteiger partial charge on any atom is 0.415 e. The minimum Gasteiger partial charge on any atom is -0.449 e. The molecule has 1 saturated heterocycles. The van der Waals surface area contributed by atoms with Crippen molar-refractivity contribution in [3.05, 3.63) is 11.4 Å². The molecule has 1 aromatic heterocycles. The number of rotatable bonds is 3. The number of hydrogen-bond donors (Lipinski definition) is 1. The largest absolute Gasteiger partial charge is 0.449 e. The molecule has 130 valence electrons. The molecule has 0 aliphatic carbocycles. The molecular weight excluding hydrogens is 310 g/mol. The molecule has 3 heterocycles. The van der Waals surface area contributed by atoms with E-state index < -0.39 is 6.09 Å². The highest BCUT2D eigenvalue weighted by Crippen LogP contribution is 2.34. The number of carbonyl (C=O) groups excluding carboxylic acids is 2. The zero-order chi connectivity index (χ0) is 17.3. The Kier molecular flexibility index (Phi) is 4.55. The van der Waals surface area contributed by atoms with Crippen molar-refractivity contribution in [1.29, 1.82) is 0 Å². The van der Waals surface area contributed by atoms with Gasteiger partial charge in [0, 0.05) is 31.1 Å². The van der Waals surface area contributed by atoms with E-state index in [-0.39, 0.29) is 25.0 Å². The molecule has 1 aromatic rings. The number of nitrogens with two attached hydrogens (primary N) is 1. The Balaban J connectivity index is 1.85. The van der Waals surface area contributed by atoms with Gasteiger partial charge in [0.15, 0.2) is 0 Å². The lowest BCUT2D eigenvalue weighted by Gasteiger charge is -2.21. The van der Waals surface area contributed by atoms with Crippen molar-refractivity contribution in [2.75, 3.05) is 30.3 Å². The third-order valence-corrected chi connectivity index (χ3v) is 4.46. The molecule has 0 spiro atoms. The van der Waals surface area contributed by atoms with Gasteiger partial charge in [0.25, 0.3) is 0 Å². The molecule has 0 unspecified atom stereocenters. The third kappa shape index (κ3) is 3.00. The number of amides is 2. The molecule has 8 nitrogen and oxygen atoms in total. The van der Waals surface area contributed by atoms with Crippen LogP contribution in [0.5, 0.6) is 0 Å². The topological polar surface area (TPSA) is 102 Å². The number of aromatic nitrogens is 2. The Hall–Kier alpha value is -2.38. The van der Waals surface area contributed by atoms with E-state index in [0.717, 1.165) is 31.5 Å². The molecule has 0 radical (unpaired) electrons. The summed E-state index contributed by atoms with van der Waals surface area (Å²) in [5.74, 6) is 1.16. The molecule has 0 saturated carbocycles. The van der Waals surface area contributed by atoms with Gasteiger partial charge in [0.05, 0.1) is 13.0 Å². The molecular formula is C16H23N5O3. The first-order valence-corrected chi connectivity index (χ1v) is 8.40. The molecule has 2 N–H and O–H groups in total. The van der Waals surface area contributed by atoms with Crippen LogP contribution in [-0.4, -0.2) is 52.6 Å². The minimum absolute atomic E-state index is 0.000537. The van der Waals surface area contributed by atoms with Gasteiger partial charge in [-0.2, -0.15) is 0 Å². The Morgan fingerprint density at radius 1 is 1.29 bits per heavy atom. The Labute approximate surface area is 141 Å². The number of anilines is 2. The fourth-order valence-corrected chi connectivity index (χ4v) is 3.28. The number of likely N-dealkylation sites (tertiary alicyclic amines) is 1. The van der Waals surface area contributed by atoms with Crippen LogP contribution < -0.4 is 10.6 Å². The molecule has 8 heteroatoms. The van der Waals surface area contributed by atoms with Crippen molar-refractivity contribution >= 4 is 23.6 Å². The van der Waals surface area contributed by atoms with Crippen LogP contribution >= 0.6 is 0 Å². The minimum atomic E-state index is -0.446. The van der Waals surface area contributed by atoms with E-state index in [9.17, 15) is 9.59 Å². The Morgan fingerprint density at radius 3 is 2.67 bits per heavy atom. The second-order valence-corrected chi connectivity index (χ2v) is 6.21. The van der Waals surface area contributed by atoms with E-state index in [4.69, 9.17) is 10.5 Å². The highest BCUT2D eigenvalue weighted by atomic mass is 16.6. The smallest absolute Gasteiger partial charge is 0.415 e. The summed E-state index contributed by atoms with van der Waals surface area (Å²) in [5.41, 5.74) is 6.79. The summed E-state index contributed by atoms with van der Waals surface area (Å²) < 4.78 is 5.11. The highest BCUT2D eigenvalue weighted by Gasteiger charge is 2.36. The van der Waals surface area contributed by atoms with Gasteiger partial charge in [-0.1, -0.05) is 0 Å². The lowest BCUT2D eigenvalue weighted by Crippen LogP contribution is -2.37. The molecule has 1 fully saturated rings. The van der Waals surface area contributed by atoms with Crippen molar-refractivity contribution < 1.29 is 14.3 Å². The maximum absolute atomic E-state index is 12.3. The van der Waals surface area contributed by atoms with Crippen LogP contribution in [0.3, 0.4) is 0 Å². The molecule has 2 amide bonds. The van der Waals surface area contributed by atoms with Gasteiger partial charge in [0.1, 0.15) is 17.5 Å². The zero-order valence-electron chi connectivity index (χ0n) is 14.1. The van der Waals surface area contributed by atoms with Crippen molar-refractivity contribution in [2.45, 2.75) is 45.6 Å². The average molecular weight is 333 g/mol. The van der Waals surface area contributed by atoms with Crippen molar-refractivity contribution in [3.63, 3.8) is 0 Å². The van der Waals surface area contributed by atoms with E-state index >= 15 is 0 Å². The summed E-state index contributed by atoms with van der Waals surface area (Å²) in [6.45, 7) is 5.52. The number of nitrogen functional groups attached to an aromatic ring is 1. The summed E-state index contributed by atoms with van der Waals surface area (Å²) in [6, 6.07) is -0.0971. The predicted molar refractivity (Wildman–Crippen MR) is 88.6 cm³/mol. The van der Waals surface area contributed by atoms with E-state index in [1.165, 1.54) is 4.90 Å². The van der Waals surface area contributed by atoms with Crippen LogP contribution in [-0.2, 0) is 22.4 Å². The summed E-state index contributed by atoms with van der Waals surface area (Å²) in [6.07, 6.45) is 2.31. The third-order valence-electron chi connectivity index (χ3n) is 4.46. The van der Waals surface area contributed by atoms with Crippen LogP contribution in [0.2, 0.25) is 0 Å². The van der Waals surface area contributed by atoms with Gasteiger partial charge >= 0.3 is 6.09 Å². The van der Waals surface area contributed by atoms with Crippen molar-refractivity contribution in [3.8, 4) is 0 Å². The van der Waals surface area contributed by atoms with Gasteiger partial charge in [-0.25, -0.2) is 14.8 Å². The maximum atomic E-state index is 12.3. The molecule has 3 rings (SSSR count). The van der Waals surface area contributed by atoms with Gasteiger partial charge in [-0.05, 0) is 26.7 Å². The Bertz CT molecular complexity index is 657. The average Bonchev–Trinajstić information content (AvgIpc) is 3.15. The van der Waals surface area contributed by atoms with Crippen molar-refractivity contribution in [2.24, 2.45) is 0 Å². The van der Waals surface area contributed by atoms with Gasteiger partial charge in [-0.15, -0.1) is 0 Å². The first-order valence-electron chi connectivity index (χ1n) is 8.40. The molecule has 2 aliphatic heterocycles. The number of fused-ring (bicyclic) bond motifs is 1. The molecule has 1 atom stereocenters. The normalized spacial score (nSPS) is 19.5. The molecule has 2 aliphatic rings. The van der Waals surface area contributed by atoms with E-state index in [2.05, 4.69) is 9.97 Å². The SMILES string of the molecule is CCOC(=O)N1c2nc(CC(=O)N3CCCC3)nc(N)c2C[C@@H]1C. The number of ether oxygens (including phenoxy) is 1. The van der Waals surface area contributed by atoms with Gasteiger partial charge < -0.3 is 15.4 Å². The Morgan fingerprint density at radius 2 is 2.00 bits per heavy atom. The lowest BCUT2D eigenvalue weighted by molar-refractivity contribution is -0.129. The first-order chi connectivity index (χ1) is 11.5. The first kappa shape index (κ1) is 16.5. The second kappa shape index (κ2) is 6.62. The fourth-order valence-electron chi connectivity index (χ4n) is 3.28. The molecule has 0 bridgehead atoms. The highest BCUT2D eigenvalue weighted by molar-refractivity contribution is 5.91. The summed E-state index contributed by atoms with van der Waals surface area (Å²) >= 11 is 0. The summed E-state index contributed by atoms with van der Waals surface area (Å²) in [4.78, 5) is 36.5. The van der Waals surface area contributed by atoms with Crippen LogP contribution in [0, 0.1) is 0 Å². The quantitative estimate of drug-likeness (QED) is 0.890. The number of nitrogens with zero attached hydrogens (tertiary/aromatic N) is 4. The monoisotopic (exact) mass is 333 g/mol. The fraction of sp³-hybridized carbons (Fsp3) is 0.625. The second-order valence-electron chi connectivity index (χ2n) is 6.21. The van der Waals surface area contributed by atoms with E-state index in [0.29, 0.717) is 23.9 Å².